The number of nitrogens with one attached hydrogen (secondary N) is 1. The molecule has 1 unspecified atom stereocenters. The lowest BCUT2D eigenvalue weighted by atomic mass is 9.92. The van der Waals surface area contributed by atoms with E-state index in [0.717, 1.165) is 10.4 Å². The van der Waals surface area contributed by atoms with Crippen molar-refractivity contribution in [1.82, 2.24) is 10.3 Å². The number of hydrogen-bond donors (Lipinski definition) is 2. The van der Waals surface area contributed by atoms with Crippen molar-refractivity contribution in [3.8, 4) is 0 Å². The van der Waals surface area contributed by atoms with Crippen LogP contribution in [0.25, 0.3) is 0 Å². The summed E-state index contributed by atoms with van der Waals surface area (Å²) in [5.74, 6) is -0.398. The van der Waals surface area contributed by atoms with Gasteiger partial charge in [0.1, 0.15) is 5.54 Å². The highest BCUT2D eigenvalue weighted by atomic mass is 32.1. The van der Waals surface area contributed by atoms with Gasteiger partial charge in [-0.3, -0.25) is 15.1 Å². The zero-order valence-corrected chi connectivity index (χ0v) is 10.9. The van der Waals surface area contributed by atoms with Gasteiger partial charge in [0.25, 0.3) is 0 Å². The van der Waals surface area contributed by atoms with Crippen LogP contribution in [0.3, 0.4) is 0 Å². The lowest BCUT2D eigenvalue weighted by Crippen LogP contribution is -2.49. The van der Waals surface area contributed by atoms with Crippen LogP contribution in [-0.2, 0) is 16.9 Å². The van der Waals surface area contributed by atoms with Crippen LogP contribution in [0, 0.1) is 0 Å². The molecule has 1 amide bonds. The Morgan fingerprint density at radius 2 is 2.17 bits per heavy atom. The van der Waals surface area contributed by atoms with E-state index in [-0.39, 0.29) is 0 Å². The number of carbonyl (C=O) groups is 1. The average molecular weight is 261 g/mol. The lowest BCUT2D eigenvalue weighted by Gasteiger charge is -2.27. The molecule has 4 nitrogen and oxygen atoms in total. The lowest BCUT2D eigenvalue weighted by molar-refractivity contribution is -0.124. The van der Waals surface area contributed by atoms with Crippen LogP contribution < -0.4 is 11.1 Å². The summed E-state index contributed by atoms with van der Waals surface area (Å²) in [6.07, 6.45) is 3.31. The van der Waals surface area contributed by atoms with E-state index in [1.54, 1.807) is 42.8 Å². The van der Waals surface area contributed by atoms with Crippen molar-refractivity contribution in [2.24, 2.45) is 5.73 Å². The van der Waals surface area contributed by atoms with E-state index in [1.807, 2.05) is 17.5 Å². The molecule has 0 aromatic carbocycles. The van der Waals surface area contributed by atoms with Crippen LogP contribution in [0.15, 0.2) is 42.0 Å². The Bertz CT molecular complexity index is 512. The molecule has 0 aliphatic rings. The molecule has 2 aromatic heterocycles. The Balaban J connectivity index is 2.20. The maximum atomic E-state index is 11.7. The first-order chi connectivity index (χ1) is 8.63. The number of amides is 1. The smallest absolute Gasteiger partial charge is 0.242 e. The largest absolute Gasteiger partial charge is 0.368 e. The van der Waals surface area contributed by atoms with Crippen molar-refractivity contribution in [2.45, 2.75) is 19.0 Å². The highest BCUT2D eigenvalue weighted by molar-refractivity contribution is 7.09. The standard InChI is InChI=1S/C13H15N3OS/c1-13(12(14)17,10-4-6-15-7-5-10)16-9-11-3-2-8-18-11/h2-8,16H,9H2,1H3,(H2,14,17). The summed E-state index contributed by atoms with van der Waals surface area (Å²) in [5, 5.41) is 5.23. The molecule has 0 saturated carbocycles. The number of rotatable bonds is 5. The van der Waals surface area contributed by atoms with E-state index in [0.29, 0.717) is 6.54 Å². The summed E-state index contributed by atoms with van der Waals surface area (Å²) in [7, 11) is 0. The van der Waals surface area contributed by atoms with Gasteiger partial charge < -0.3 is 5.73 Å². The van der Waals surface area contributed by atoms with Crippen LogP contribution in [0.1, 0.15) is 17.4 Å². The number of hydrogen-bond acceptors (Lipinski definition) is 4. The number of aromatic nitrogens is 1. The van der Waals surface area contributed by atoms with E-state index in [2.05, 4.69) is 10.3 Å². The summed E-state index contributed by atoms with van der Waals surface area (Å²) in [6.45, 7) is 2.40. The molecule has 3 N–H and O–H groups in total. The molecular weight excluding hydrogens is 246 g/mol. The summed E-state index contributed by atoms with van der Waals surface area (Å²) in [4.78, 5) is 16.8. The molecule has 0 aliphatic carbocycles. The molecule has 2 rings (SSSR count). The Hall–Kier alpha value is -1.72. The van der Waals surface area contributed by atoms with Crippen LogP contribution in [-0.4, -0.2) is 10.9 Å². The van der Waals surface area contributed by atoms with Crippen LogP contribution in [0.5, 0.6) is 0 Å². The first-order valence-electron chi connectivity index (χ1n) is 5.61. The minimum absolute atomic E-state index is 0.398. The summed E-state index contributed by atoms with van der Waals surface area (Å²) in [6, 6.07) is 7.60. The summed E-state index contributed by atoms with van der Waals surface area (Å²) in [5.41, 5.74) is 5.46. The highest BCUT2D eigenvalue weighted by Crippen LogP contribution is 2.21. The minimum Gasteiger partial charge on any atom is -0.368 e. The zero-order valence-electron chi connectivity index (χ0n) is 10.1. The third kappa shape index (κ3) is 2.57. The monoisotopic (exact) mass is 261 g/mol. The van der Waals surface area contributed by atoms with Gasteiger partial charge in [-0.1, -0.05) is 6.07 Å². The van der Waals surface area contributed by atoms with Crippen molar-refractivity contribution in [3.63, 3.8) is 0 Å². The summed E-state index contributed by atoms with van der Waals surface area (Å²) < 4.78 is 0. The van der Waals surface area contributed by atoms with Crippen molar-refractivity contribution < 1.29 is 4.79 Å². The molecule has 5 heteroatoms. The van der Waals surface area contributed by atoms with Gasteiger partial charge in [-0.05, 0) is 36.1 Å². The minimum atomic E-state index is -0.882. The highest BCUT2D eigenvalue weighted by Gasteiger charge is 2.32. The second kappa shape index (κ2) is 5.29. The molecule has 0 bridgehead atoms. The number of primary amides is 1. The SMILES string of the molecule is CC(NCc1cccs1)(C(N)=O)c1ccncc1. The van der Waals surface area contributed by atoms with E-state index in [1.165, 1.54) is 0 Å². The number of pyridine rings is 1. The fraction of sp³-hybridized carbons (Fsp3) is 0.231. The first kappa shape index (κ1) is 12.7. The van der Waals surface area contributed by atoms with Gasteiger partial charge in [0.05, 0.1) is 0 Å². The molecule has 94 valence electrons. The van der Waals surface area contributed by atoms with E-state index in [4.69, 9.17) is 5.73 Å². The maximum absolute atomic E-state index is 11.7. The van der Waals surface area contributed by atoms with Gasteiger partial charge in [0, 0.05) is 23.8 Å². The molecule has 2 aromatic rings. The van der Waals surface area contributed by atoms with E-state index < -0.39 is 11.4 Å². The zero-order chi connectivity index (χ0) is 13.0. The number of thiophene rings is 1. The molecule has 1 atom stereocenters. The molecule has 0 spiro atoms. The van der Waals surface area contributed by atoms with E-state index in [9.17, 15) is 4.79 Å². The molecule has 0 aliphatic heterocycles. The second-order valence-corrected chi connectivity index (χ2v) is 5.19. The van der Waals surface area contributed by atoms with Gasteiger partial charge in [-0.15, -0.1) is 11.3 Å². The topological polar surface area (TPSA) is 68.0 Å². The second-order valence-electron chi connectivity index (χ2n) is 4.16. The Morgan fingerprint density at radius 3 is 2.72 bits per heavy atom. The predicted molar refractivity (Wildman–Crippen MR) is 71.9 cm³/mol. The predicted octanol–water partition coefficient (Wildman–Crippen LogP) is 1.63. The number of nitrogens with zero attached hydrogens (tertiary/aromatic N) is 1. The van der Waals surface area contributed by atoms with Crippen LogP contribution in [0.2, 0.25) is 0 Å². The van der Waals surface area contributed by atoms with Crippen molar-refractivity contribution >= 4 is 17.2 Å². The van der Waals surface area contributed by atoms with Gasteiger partial charge in [-0.2, -0.15) is 0 Å². The van der Waals surface area contributed by atoms with Gasteiger partial charge >= 0.3 is 0 Å². The molecule has 0 saturated heterocycles. The fourth-order valence-electron chi connectivity index (χ4n) is 1.69. The Labute approximate surface area is 110 Å². The maximum Gasteiger partial charge on any atom is 0.242 e. The van der Waals surface area contributed by atoms with Crippen molar-refractivity contribution in [1.29, 1.82) is 0 Å². The molecule has 0 radical (unpaired) electrons. The normalized spacial score (nSPS) is 14.1. The average Bonchev–Trinajstić information content (AvgIpc) is 2.90. The molecule has 18 heavy (non-hydrogen) atoms. The molecular formula is C13H15N3OS. The van der Waals surface area contributed by atoms with Crippen LogP contribution >= 0.6 is 11.3 Å². The first-order valence-corrected chi connectivity index (χ1v) is 6.49. The van der Waals surface area contributed by atoms with Crippen molar-refractivity contribution in [3.05, 3.63) is 52.5 Å². The molecule has 2 heterocycles. The van der Waals surface area contributed by atoms with Gasteiger partial charge in [-0.25, -0.2) is 0 Å². The quantitative estimate of drug-likeness (QED) is 0.859. The number of carbonyl (C=O) groups excluding carboxylic acids is 1. The Morgan fingerprint density at radius 1 is 1.44 bits per heavy atom. The fourth-order valence-corrected chi connectivity index (χ4v) is 2.34. The Kier molecular flexibility index (Phi) is 3.74. The van der Waals surface area contributed by atoms with E-state index >= 15 is 0 Å². The third-order valence-electron chi connectivity index (χ3n) is 2.95. The van der Waals surface area contributed by atoms with Crippen LogP contribution in [0.4, 0.5) is 0 Å². The van der Waals surface area contributed by atoms with Gasteiger partial charge in [0.15, 0.2) is 0 Å². The summed E-state index contributed by atoms with van der Waals surface area (Å²) >= 11 is 1.64. The van der Waals surface area contributed by atoms with Gasteiger partial charge in [0.2, 0.25) is 5.91 Å². The third-order valence-corrected chi connectivity index (χ3v) is 3.82. The molecule has 0 fully saturated rings. The van der Waals surface area contributed by atoms with Crippen molar-refractivity contribution in [2.75, 3.05) is 0 Å². The number of nitrogens with two attached hydrogens (primary N) is 1.